The van der Waals surface area contributed by atoms with Gasteiger partial charge in [0.2, 0.25) is 0 Å². The zero-order chi connectivity index (χ0) is 24.2. The van der Waals surface area contributed by atoms with Gasteiger partial charge in [0.15, 0.2) is 0 Å². The van der Waals surface area contributed by atoms with Crippen LogP contribution in [0.1, 0.15) is 79.1 Å². The molecule has 3 heteroatoms. The average Bonchev–Trinajstić information content (AvgIpc) is 3.25. The molecule has 0 aromatic heterocycles. The molecular formula is C30H46O3. The molecule has 0 saturated heterocycles. The van der Waals surface area contributed by atoms with Crippen molar-refractivity contribution in [1.29, 1.82) is 0 Å². The van der Waals surface area contributed by atoms with Crippen molar-refractivity contribution in [3.8, 4) is 0 Å². The molecular weight excluding hydrogens is 408 g/mol. The quantitative estimate of drug-likeness (QED) is 0.397. The highest BCUT2D eigenvalue weighted by atomic mass is 16.3. The third kappa shape index (κ3) is 6.18. The molecule has 7 atom stereocenters. The predicted octanol–water partition coefficient (Wildman–Crippen LogP) is 6.28. The third-order valence-electron chi connectivity index (χ3n) is 8.89. The number of hydrogen-bond donors (Lipinski definition) is 3. The molecule has 33 heavy (non-hydrogen) atoms. The van der Waals surface area contributed by atoms with E-state index < -0.39 is 17.8 Å². The number of aliphatic hydroxyl groups is 3. The van der Waals surface area contributed by atoms with Gasteiger partial charge in [-0.2, -0.15) is 0 Å². The Kier molecular flexibility index (Phi) is 9.00. The molecule has 3 N–H and O–H groups in total. The second-order valence-corrected chi connectivity index (χ2v) is 10.9. The van der Waals surface area contributed by atoms with E-state index >= 15 is 0 Å². The van der Waals surface area contributed by atoms with Crippen LogP contribution >= 0.6 is 0 Å². The van der Waals surface area contributed by atoms with Crippen LogP contribution in [-0.2, 0) is 0 Å². The van der Waals surface area contributed by atoms with E-state index in [-0.39, 0.29) is 0 Å². The average molecular weight is 455 g/mol. The molecule has 3 rings (SSSR count). The van der Waals surface area contributed by atoms with E-state index in [1.807, 2.05) is 26.0 Å². The molecule has 0 aliphatic heterocycles. The highest BCUT2D eigenvalue weighted by Crippen LogP contribution is 2.53. The van der Waals surface area contributed by atoms with E-state index in [1.165, 1.54) is 19.3 Å². The molecule has 3 nitrogen and oxygen atoms in total. The molecule has 0 unspecified atom stereocenters. The predicted molar refractivity (Wildman–Crippen MR) is 138 cm³/mol. The van der Waals surface area contributed by atoms with Crippen LogP contribution in [0.3, 0.4) is 0 Å². The van der Waals surface area contributed by atoms with Crippen LogP contribution in [0.15, 0.2) is 59.8 Å². The second kappa shape index (κ2) is 11.3. The summed E-state index contributed by atoms with van der Waals surface area (Å²) in [6, 6.07) is 0. The molecule has 0 radical (unpaired) electrons. The molecule has 0 aromatic carbocycles. The topological polar surface area (TPSA) is 60.7 Å². The zero-order valence-electron chi connectivity index (χ0n) is 21.2. The Morgan fingerprint density at radius 3 is 2.52 bits per heavy atom. The van der Waals surface area contributed by atoms with Gasteiger partial charge >= 0.3 is 0 Å². The van der Waals surface area contributed by atoms with Crippen LogP contribution in [-0.4, -0.2) is 33.1 Å². The fraction of sp³-hybridized carbons (Fsp3) is 0.667. The van der Waals surface area contributed by atoms with Crippen LogP contribution in [0, 0.1) is 29.6 Å². The first-order valence-electron chi connectivity index (χ1n) is 13.2. The Balaban J connectivity index is 1.70. The van der Waals surface area contributed by atoms with E-state index in [4.69, 9.17) is 0 Å². The van der Waals surface area contributed by atoms with E-state index in [0.717, 1.165) is 36.3 Å². The lowest BCUT2D eigenvalue weighted by molar-refractivity contribution is 0.0827. The maximum Gasteiger partial charge on any atom is 0.0825 e. The number of allylic oxidation sites excluding steroid dienone is 6. The van der Waals surface area contributed by atoms with Gasteiger partial charge in [0.05, 0.1) is 17.8 Å². The zero-order valence-corrected chi connectivity index (χ0v) is 21.2. The van der Waals surface area contributed by atoms with Gasteiger partial charge in [-0.15, -0.1) is 0 Å². The van der Waals surface area contributed by atoms with Crippen molar-refractivity contribution >= 4 is 0 Å². The number of rotatable bonds is 7. The Bertz CT molecular complexity index is 797. The van der Waals surface area contributed by atoms with Gasteiger partial charge in [-0.05, 0) is 85.7 Å². The van der Waals surface area contributed by atoms with Crippen molar-refractivity contribution in [1.82, 2.24) is 0 Å². The van der Waals surface area contributed by atoms with E-state index in [9.17, 15) is 15.3 Å². The van der Waals surface area contributed by atoms with E-state index in [0.29, 0.717) is 36.5 Å². The van der Waals surface area contributed by atoms with Gasteiger partial charge in [-0.25, -0.2) is 0 Å². The molecule has 0 amide bonds. The van der Waals surface area contributed by atoms with Crippen LogP contribution in [0.2, 0.25) is 0 Å². The van der Waals surface area contributed by atoms with Gasteiger partial charge < -0.3 is 15.3 Å². The maximum absolute atomic E-state index is 10.4. The largest absolute Gasteiger partial charge is 0.393 e. The van der Waals surface area contributed by atoms with Crippen molar-refractivity contribution in [2.45, 2.75) is 96.9 Å². The van der Waals surface area contributed by atoms with Gasteiger partial charge in [0.25, 0.3) is 0 Å². The second-order valence-electron chi connectivity index (χ2n) is 10.9. The Morgan fingerprint density at radius 2 is 1.82 bits per heavy atom. The maximum atomic E-state index is 10.4. The van der Waals surface area contributed by atoms with E-state index in [2.05, 4.69) is 44.7 Å². The van der Waals surface area contributed by atoms with Crippen LogP contribution < -0.4 is 0 Å². The van der Waals surface area contributed by atoms with Gasteiger partial charge in [-0.1, -0.05) is 76.3 Å². The summed E-state index contributed by atoms with van der Waals surface area (Å²) in [5.74, 6) is 3.29. The van der Waals surface area contributed by atoms with Crippen molar-refractivity contribution in [3.63, 3.8) is 0 Å². The molecule has 3 fully saturated rings. The normalized spacial score (nSPS) is 36.9. The van der Waals surface area contributed by atoms with Crippen molar-refractivity contribution in [3.05, 3.63) is 59.8 Å². The molecule has 3 saturated carbocycles. The number of aliphatic hydroxyl groups excluding tert-OH is 2. The molecule has 0 heterocycles. The standard InChI is InChI=1S/C30H46O3/c1-6-30(33,7-2)17-9-8-10-20(3)26-15-16-27-23(12-11-21(4)29(26)27)13-14-24-18-25(31)19-28(32)22(24)5/h8-10,13-14,17,20-21,25-29,31-33H,5-7,11-12,15-16,18-19H2,1-4H3/b10-8+,17-9+,23-13+,24-14-/t20-,21-,25-,26-,27-,28+,29-/m1/s1. The third-order valence-corrected chi connectivity index (χ3v) is 8.89. The minimum Gasteiger partial charge on any atom is -0.393 e. The fourth-order valence-corrected chi connectivity index (χ4v) is 6.47. The lowest BCUT2D eigenvalue weighted by Gasteiger charge is -2.38. The van der Waals surface area contributed by atoms with Gasteiger partial charge in [0.1, 0.15) is 0 Å². The lowest BCUT2D eigenvalue weighted by Crippen LogP contribution is -2.30. The molecule has 184 valence electrons. The molecule has 0 aromatic rings. The minimum absolute atomic E-state index is 0.396. The van der Waals surface area contributed by atoms with E-state index in [1.54, 1.807) is 5.57 Å². The summed E-state index contributed by atoms with van der Waals surface area (Å²) in [5.41, 5.74) is 2.63. The lowest BCUT2D eigenvalue weighted by atomic mass is 9.66. The number of fused-ring (bicyclic) bond motifs is 1. The molecule has 0 bridgehead atoms. The highest BCUT2D eigenvalue weighted by molar-refractivity contribution is 5.38. The summed E-state index contributed by atoms with van der Waals surface area (Å²) in [5, 5.41) is 30.7. The Labute approximate surface area is 201 Å². The Morgan fingerprint density at radius 1 is 1.09 bits per heavy atom. The monoisotopic (exact) mass is 454 g/mol. The first kappa shape index (κ1) is 26.2. The van der Waals surface area contributed by atoms with Gasteiger partial charge in [0, 0.05) is 6.42 Å². The SMILES string of the molecule is C=C1/C(=C\C=C2/CC[C@@H](C)[C@@H]3[C@@H]([C@H](C)/C=C/C=C/C(O)(CC)CC)CC[C@H]23)C[C@@H](O)C[C@@H]1O. The minimum atomic E-state index is -0.687. The van der Waals surface area contributed by atoms with Crippen molar-refractivity contribution < 1.29 is 15.3 Å². The summed E-state index contributed by atoms with van der Waals surface area (Å²) in [4.78, 5) is 0. The van der Waals surface area contributed by atoms with Crippen LogP contribution in [0.5, 0.6) is 0 Å². The number of hydrogen-bond acceptors (Lipinski definition) is 3. The van der Waals surface area contributed by atoms with Crippen LogP contribution in [0.25, 0.3) is 0 Å². The molecule has 3 aliphatic rings. The first-order chi connectivity index (χ1) is 15.7. The molecule has 3 aliphatic carbocycles. The Hall–Kier alpha value is -1.42. The van der Waals surface area contributed by atoms with Crippen molar-refractivity contribution in [2.24, 2.45) is 29.6 Å². The first-order valence-corrected chi connectivity index (χ1v) is 13.2. The summed E-state index contributed by atoms with van der Waals surface area (Å²) >= 11 is 0. The summed E-state index contributed by atoms with van der Waals surface area (Å²) in [7, 11) is 0. The van der Waals surface area contributed by atoms with Crippen molar-refractivity contribution in [2.75, 3.05) is 0 Å². The summed E-state index contributed by atoms with van der Waals surface area (Å²) < 4.78 is 0. The van der Waals surface area contributed by atoms with Gasteiger partial charge in [-0.3, -0.25) is 0 Å². The summed E-state index contributed by atoms with van der Waals surface area (Å²) in [6.07, 6.45) is 19.1. The summed E-state index contributed by atoms with van der Waals surface area (Å²) in [6.45, 7) is 12.9. The fourth-order valence-electron chi connectivity index (χ4n) is 6.47. The highest BCUT2D eigenvalue weighted by Gasteiger charge is 2.44. The molecule has 0 spiro atoms. The van der Waals surface area contributed by atoms with Crippen LogP contribution in [0.4, 0.5) is 0 Å². The smallest absolute Gasteiger partial charge is 0.0825 e.